The monoisotopic (exact) mass is 462 g/mol. The Bertz CT molecular complexity index is 873. The molecule has 0 aliphatic carbocycles. The molecule has 0 N–H and O–H groups in total. The van der Waals surface area contributed by atoms with Crippen LogP contribution < -0.4 is 9.47 Å². The Morgan fingerprint density at radius 3 is 2.72 bits per heavy atom. The summed E-state index contributed by atoms with van der Waals surface area (Å²) in [7, 11) is 0. The third kappa shape index (κ3) is 6.05. The summed E-state index contributed by atoms with van der Waals surface area (Å²) < 4.78 is 22.7. The Kier molecular flexibility index (Phi) is 7.28. The number of carbonyl (C=O) groups excluding carboxylic acids is 2. The zero-order chi connectivity index (χ0) is 20.8. The van der Waals surface area contributed by atoms with Crippen molar-refractivity contribution >= 4 is 27.9 Å². The topological polar surface area (TPSA) is 71.1 Å². The van der Waals surface area contributed by atoms with E-state index in [1.54, 1.807) is 36.4 Å². The first-order valence-electron chi connectivity index (χ1n) is 9.49. The predicted molar refractivity (Wildman–Crippen MR) is 111 cm³/mol. The van der Waals surface area contributed by atoms with Crippen molar-refractivity contribution in [3.05, 3.63) is 58.1 Å². The molecule has 1 atom stereocenters. The number of benzene rings is 2. The summed E-state index contributed by atoms with van der Waals surface area (Å²) in [6.07, 6.45) is 1.73. The number of ether oxygens (including phenoxy) is 4. The summed E-state index contributed by atoms with van der Waals surface area (Å²) in [6.45, 7) is 4.67. The van der Waals surface area contributed by atoms with Crippen molar-refractivity contribution in [1.82, 2.24) is 0 Å². The molecule has 6 nitrogen and oxygen atoms in total. The quantitative estimate of drug-likeness (QED) is 0.435. The Morgan fingerprint density at radius 2 is 2.00 bits per heavy atom. The third-order valence-corrected chi connectivity index (χ3v) is 4.72. The molecule has 154 valence electrons. The second kappa shape index (κ2) is 9.89. The molecule has 29 heavy (non-hydrogen) atoms. The van der Waals surface area contributed by atoms with Gasteiger partial charge in [-0.25, -0.2) is 9.59 Å². The molecule has 1 saturated heterocycles. The standard InChI is InChI=1S/C22H23BrO6/c1-14(2)28-20-9-8-16(23)12-19(20)22(25)29-17-6-3-5-15(11-17)21(24)27-13-18-7-4-10-26-18/h3,5-6,8-9,11-12,14,18H,4,7,10,13H2,1-2H3. The first-order valence-corrected chi connectivity index (χ1v) is 10.3. The summed E-state index contributed by atoms with van der Waals surface area (Å²) in [5, 5.41) is 0. The van der Waals surface area contributed by atoms with Crippen molar-refractivity contribution in [2.75, 3.05) is 13.2 Å². The number of rotatable bonds is 7. The van der Waals surface area contributed by atoms with Gasteiger partial charge in [0.25, 0.3) is 0 Å². The van der Waals surface area contributed by atoms with E-state index in [0.29, 0.717) is 23.5 Å². The lowest BCUT2D eigenvalue weighted by atomic mass is 10.2. The van der Waals surface area contributed by atoms with Crippen LogP contribution in [0, 0.1) is 0 Å². The van der Waals surface area contributed by atoms with Crippen LogP contribution in [0.1, 0.15) is 47.4 Å². The van der Waals surface area contributed by atoms with E-state index in [4.69, 9.17) is 18.9 Å². The van der Waals surface area contributed by atoms with E-state index in [1.165, 1.54) is 6.07 Å². The highest BCUT2D eigenvalue weighted by Crippen LogP contribution is 2.26. The molecule has 1 heterocycles. The van der Waals surface area contributed by atoms with Crippen molar-refractivity contribution < 1.29 is 28.5 Å². The lowest BCUT2D eigenvalue weighted by Gasteiger charge is -2.14. The van der Waals surface area contributed by atoms with Crippen LogP contribution in [0.25, 0.3) is 0 Å². The van der Waals surface area contributed by atoms with Crippen molar-refractivity contribution in [1.29, 1.82) is 0 Å². The summed E-state index contributed by atoms with van der Waals surface area (Å²) in [5.41, 5.74) is 0.598. The molecule has 0 spiro atoms. The normalized spacial score (nSPS) is 15.9. The zero-order valence-corrected chi connectivity index (χ0v) is 17.9. The van der Waals surface area contributed by atoms with Gasteiger partial charge in [-0.3, -0.25) is 0 Å². The lowest BCUT2D eigenvalue weighted by Crippen LogP contribution is -2.18. The maximum Gasteiger partial charge on any atom is 0.347 e. The van der Waals surface area contributed by atoms with Crippen LogP contribution in [0.4, 0.5) is 0 Å². The molecule has 1 aliphatic rings. The fourth-order valence-corrected chi connectivity index (χ4v) is 3.26. The molecule has 2 aromatic carbocycles. The molecule has 0 saturated carbocycles. The lowest BCUT2D eigenvalue weighted by molar-refractivity contribution is 0.0161. The summed E-state index contributed by atoms with van der Waals surface area (Å²) in [6, 6.07) is 11.5. The van der Waals surface area contributed by atoms with Crippen LogP contribution in [-0.4, -0.2) is 37.4 Å². The van der Waals surface area contributed by atoms with Crippen LogP contribution in [0.5, 0.6) is 11.5 Å². The Morgan fingerprint density at radius 1 is 1.17 bits per heavy atom. The fraction of sp³-hybridized carbons (Fsp3) is 0.364. The third-order valence-electron chi connectivity index (χ3n) is 4.23. The van der Waals surface area contributed by atoms with E-state index >= 15 is 0 Å². The van der Waals surface area contributed by atoms with E-state index in [1.807, 2.05) is 13.8 Å². The number of esters is 2. The smallest absolute Gasteiger partial charge is 0.347 e. The molecule has 1 fully saturated rings. The number of carbonyl (C=O) groups is 2. The second-order valence-electron chi connectivity index (χ2n) is 6.96. The summed E-state index contributed by atoms with van der Waals surface area (Å²) in [4.78, 5) is 25.0. The van der Waals surface area contributed by atoms with Crippen molar-refractivity contribution in [3.63, 3.8) is 0 Å². The van der Waals surface area contributed by atoms with Gasteiger partial charge in [0, 0.05) is 11.1 Å². The number of halogens is 1. The van der Waals surface area contributed by atoms with Gasteiger partial charge in [0.1, 0.15) is 23.7 Å². The van der Waals surface area contributed by atoms with Crippen molar-refractivity contribution in [2.45, 2.75) is 38.9 Å². The first kappa shape index (κ1) is 21.3. The molecular formula is C22H23BrO6. The van der Waals surface area contributed by atoms with E-state index in [-0.39, 0.29) is 24.6 Å². The molecule has 0 bridgehead atoms. The second-order valence-corrected chi connectivity index (χ2v) is 7.87. The average molecular weight is 463 g/mol. The van der Waals surface area contributed by atoms with Crippen LogP contribution in [0.15, 0.2) is 46.9 Å². The Hall–Kier alpha value is -2.38. The van der Waals surface area contributed by atoms with E-state index in [0.717, 1.165) is 17.3 Å². The van der Waals surface area contributed by atoms with Gasteiger partial charge in [-0.1, -0.05) is 22.0 Å². The molecule has 1 aliphatic heterocycles. The van der Waals surface area contributed by atoms with Crippen LogP contribution in [0.3, 0.4) is 0 Å². The predicted octanol–water partition coefficient (Wildman–Crippen LogP) is 4.79. The van der Waals surface area contributed by atoms with Crippen LogP contribution in [0.2, 0.25) is 0 Å². The van der Waals surface area contributed by atoms with E-state index in [2.05, 4.69) is 15.9 Å². The minimum atomic E-state index is -0.577. The number of hydrogen-bond acceptors (Lipinski definition) is 6. The minimum absolute atomic E-state index is 0.0455. The molecule has 0 amide bonds. The molecule has 0 radical (unpaired) electrons. The maximum absolute atomic E-state index is 12.7. The molecule has 3 rings (SSSR count). The first-order chi connectivity index (χ1) is 13.9. The average Bonchev–Trinajstić information content (AvgIpc) is 3.21. The van der Waals surface area contributed by atoms with E-state index in [9.17, 15) is 9.59 Å². The van der Waals surface area contributed by atoms with Gasteiger partial charge in [-0.05, 0) is 63.1 Å². The van der Waals surface area contributed by atoms with E-state index < -0.39 is 11.9 Å². The molecule has 7 heteroatoms. The van der Waals surface area contributed by atoms with Gasteiger partial charge in [-0.2, -0.15) is 0 Å². The zero-order valence-electron chi connectivity index (χ0n) is 16.4. The minimum Gasteiger partial charge on any atom is -0.490 e. The molecule has 1 unspecified atom stereocenters. The molecule has 2 aromatic rings. The Labute approximate surface area is 178 Å². The fourth-order valence-electron chi connectivity index (χ4n) is 2.89. The van der Waals surface area contributed by atoms with Gasteiger partial charge in [0.2, 0.25) is 0 Å². The van der Waals surface area contributed by atoms with Gasteiger partial charge >= 0.3 is 11.9 Å². The van der Waals surface area contributed by atoms with Gasteiger partial charge in [0.15, 0.2) is 0 Å². The van der Waals surface area contributed by atoms with Crippen LogP contribution >= 0.6 is 15.9 Å². The molecule has 0 aromatic heterocycles. The van der Waals surface area contributed by atoms with Crippen molar-refractivity contribution in [2.24, 2.45) is 0 Å². The largest absolute Gasteiger partial charge is 0.490 e. The summed E-state index contributed by atoms with van der Waals surface area (Å²) >= 11 is 3.36. The maximum atomic E-state index is 12.7. The number of hydrogen-bond donors (Lipinski definition) is 0. The highest BCUT2D eigenvalue weighted by molar-refractivity contribution is 9.10. The van der Waals surface area contributed by atoms with Gasteiger partial charge in [-0.15, -0.1) is 0 Å². The van der Waals surface area contributed by atoms with Crippen molar-refractivity contribution in [3.8, 4) is 11.5 Å². The van der Waals surface area contributed by atoms with Crippen LogP contribution in [-0.2, 0) is 9.47 Å². The van der Waals surface area contributed by atoms with Gasteiger partial charge < -0.3 is 18.9 Å². The summed E-state index contributed by atoms with van der Waals surface area (Å²) in [5.74, 6) is -0.381. The Balaban J connectivity index is 1.69. The highest BCUT2D eigenvalue weighted by Gasteiger charge is 2.20. The molecular weight excluding hydrogens is 440 g/mol. The SMILES string of the molecule is CC(C)Oc1ccc(Br)cc1C(=O)Oc1cccc(C(=O)OCC2CCCO2)c1. The highest BCUT2D eigenvalue weighted by atomic mass is 79.9. The van der Waals surface area contributed by atoms with Gasteiger partial charge in [0.05, 0.1) is 17.8 Å².